The molecule has 166 valence electrons. The standard InChI is InChI=1S/C25H26FN3O3/c1-16-8-9-17(13-23(16)32-2)10-11-21-20(24(30)31)15-27-25(28-21)29-12-4-7-22(29)18-5-3-6-19(26)14-18/h3,5-6,8-9,13-15,22H,4,7,10-12H2,1-2H3,(H,30,31)/t22-/m1/s1. The van der Waals surface area contributed by atoms with Crippen LogP contribution in [0.4, 0.5) is 10.3 Å². The highest BCUT2D eigenvalue weighted by Gasteiger charge is 2.29. The van der Waals surface area contributed by atoms with Gasteiger partial charge in [0.2, 0.25) is 5.95 Å². The van der Waals surface area contributed by atoms with E-state index in [0.717, 1.165) is 41.8 Å². The number of hydrogen-bond donors (Lipinski definition) is 1. The average molecular weight is 435 g/mol. The number of aromatic carboxylic acids is 1. The summed E-state index contributed by atoms with van der Waals surface area (Å²) in [5.74, 6) is -0.0283. The maximum absolute atomic E-state index is 13.8. The zero-order valence-electron chi connectivity index (χ0n) is 18.2. The minimum Gasteiger partial charge on any atom is -0.496 e. The SMILES string of the molecule is COc1cc(CCc2nc(N3CCC[C@@H]3c3cccc(F)c3)ncc2C(=O)O)ccc1C. The zero-order chi connectivity index (χ0) is 22.7. The first-order valence-electron chi connectivity index (χ1n) is 10.7. The minimum absolute atomic E-state index is 0.0319. The highest BCUT2D eigenvalue weighted by atomic mass is 19.1. The summed E-state index contributed by atoms with van der Waals surface area (Å²) >= 11 is 0. The van der Waals surface area contributed by atoms with Gasteiger partial charge in [-0.1, -0.05) is 24.3 Å². The van der Waals surface area contributed by atoms with Crippen LogP contribution in [0.3, 0.4) is 0 Å². The molecule has 0 amide bonds. The molecule has 1 saturated heterocycles. The van der Waals surface area contributed by atoms with Crippen LogP contribution in [0.1, 0.15) is 51.6 Å². The number of anilines is 1. The van der Waals surface area contributed by atoms with E-state index >= 15 is 0 Å². The second-order valence-electron chi connectivity index (χ2n) is 8.05. The number of halogens is 1. The van der Waals surface area contributed by atoms with Crippen LogP contribution < -0.4 is 9.64 Å². The van der Waals surface area contributed by atoms with Crippen molar-refractivity contribution in [2.24, 2.45) is 0 Å². The molecule has 0 spiro atoms. The van der Waals surface area contributed by atoms with Gasteiger partial charge in [0.05, 0.1) is 24.4 Å². The van der Waals surface area contributed by atoms with Crippen molar-refractivity contribution in [3.8, 4) is 5.75 Å². The first kappa shape index (κ1) is 21.7. The van der Waals surface area contributed by atoms with Crippen LogP contribution in [0.5, 0.6) is 5.75 Å². The number of carboxylic acid groups (broad SMARTS) is 1. The smallest absolute Gasteiger partial charge is 0.339 e. The summed E-state index contributed by atoms with van der Waals surface area (Å²) in [5, 5.41) is 9.64. The Morgan fingerprint density at radius 1 is 1.25 bits per heavy atom. The van der Waals surface area contributed by atoms with Gasteiger partial charge in [-0.3, -0.25) is 0 Å². The Hall–Kier alpha value is -3.48. The molecule has 6 nitrogen and oxygen atoms in total. The Bertz CT molecular complexity index is 1140. The summed E-state index contributed by atoms with van der Waals surface area (Å²) in [6, 6.07) is 12.5. The molecule has 1 aromatic heterocycles. The maximum Gasteiger partial charge on any atom is 0.339 e. The first-order chi connectivity index (χ1) is 15.5. The Morgan fingerprint density at radius 3 is 2.84 bits per heavy atom. The van der Waals surface area contributed by atoms with Gasteiger partial charge >= 0.3 is 5.97 Å². The third-order valence-corrected chi connectivity index (χ3v) is 5.95. The highest BCUT2D eigenvalue weighted by Crippen LogP contribution is 2.35. The quantitative estimate of drug-likeness (QED) is 0.577. The Kier molecular flexibility index (Phi) is 6.35. The van der Waals surface area contributed by atoms with Crippen LogP contribution in [-0.4, -0.2) is 34.7 Å². The van der Waals surface area contributed by atoms with Crippen LogP contribution >= 0.6 is 0 Å². The molecule has 0 saturated carbocycles. The lowest BCUT2D eigenvalue weighted by molar-refractivity contribution is 0.0694. The zero-order valence-corrected chi connectivity index (χ0v) is 18.2. The number of benzene rings is 2. The van der Waals surface area contributed by atoms with Gasteiger partial charge in [0.15, 0.2) is 0 Å². The molecule has 0 unspecified atom stereocenters. The van der Waals surface area contributed by atoms with Crippen LogP contribution in [0, 0.1) is 12.7 Å². The van der Waals surface area contributed by atoms with Gasteiger partial charge in [0, 0.05) is 12.7 Å². The van der Waals surface area contributed by atoms with E-state index in [9.17, 15) is 14.3 Å². The number of ether oxygens (including phenoxy) is 1. The summed E-state index contributed by atoms with van der Waals surface area (Å²) in [6.07, 6.45) is 4.27. The van der Waals surface area contributed by atoms with Crippen molar-refractivity contribution in [3.05, 3.63) is 82.4 Å². The molecule has 7 heteroatoms. The largest absolute Gasteiger partial charge is 0.496 e. The topological polar surface area (TPSA) is 75.5 Å². The highest BCUT2D eigenvalue weighted by molar-refractivity contribution is 5.88. The number of aryl methyl sites for hydroxylation is 3. The molecular formula is C25H26FN3O3. The van der Waals surface area contributed by atoms with Gasteiger partial charge in [-0.05, 0) is 67.5 Å². The maximum atomic E-state index is 13.8. The van der Waals surface area contributed by atoms with Crippen molar-refractivity contribution in [2.75, 3.05) is 18.6 Å². The minimum atomic E-state index is -1.05. The van der Waals surface area contributed by atoms with E-state index in [1.165, 1.54) is 12.3 Å². The number of carboxylic acids is 1. The molecular weight excluding hydrogens is 409 g/mol. The van der Waals surface area contributed by atoms with Crippen LogP contribution in [-0.2, 0) is 12.8 Å². The van der Waals surface area contributed by atoms with E-state index in [-0.39, 0.29) is 17.4 Å². The van der Waals surface area contributed by atoms with Crippen LogP contribution in [0.25, 0.3) is 0 Å². The lowest BCUT2D eigenvalue weighted by Crippen LogP contribution is -2.25. The van der Waals surface area contributed by atoms with Gasteiger partial charge < -0.3 is 14.7 Å². The molecule has 2 heterocycles. The van der Waals surface area contributed by atoms with Crippen molar-refractivity contribution in [1.29, 1.82) is 0 Å². The van der Waals surface area contributed by atoms with Crippen LogP contribution in [0.2, 0.25) is 0 Å². The van der Waals surface area contributed by atoms with Gasteiger partial charge in [-0.25, -0.2) is 19.2 Å². The number of nitrogens with zero attached hydrogens (tertiary/aromatic N) is 3. The number of carbonyl (C=O) groups is 1. The molecule has 4 rings (SSSR count). The Morgan fingerprint density at radius 2 is 2.09 bits per heavy atom. The number of methoxy groups -OCH3 is 1. The lowest BCUT2D eigenvalue weighted by atomic mass is 10.0. The Balaban J connectivity index is 1.61. The van der Waals surface area contributed by atoms with E-state index < -0.39 is 5.97 Å². The van der Waals surface area contributed by atoms with Crippen molar-refractivity contribution in [3.63, 3.8) is 0 Å². The van der Waals surface area contributed by atoms with E-state index in [1.807, 2.05) is 36.1 Å². The fraction of sp³-hybridized carbons (Fsp3) is 0.320. The fourth-order valence-electron chi connectivity index (χ4n) is 4.26. The summed E-state index contributed by atoms with van der Waals surface area (Å²) in [7, 11) is 1.64. The van der Waals surface area contributed by atoms with Gasteiger partial charge in [-0.15, -0.1) is 0 Å². The Labute approximate surface area is 186 Å². The summed E-state index contributed by atoms with van der Waals surface area (Å²) in [6.45, 7) is 2.72. The molecule has 0 bridgehead atoms. The molecule has 1 N–H and O–H groups in total. The second kappa shape index (κ2) is 9.34. The van der Waals surface area contributed by atoms with E-state index in [1.54, 1.807) is 19.2 Å². The number of hydrogen-bond acceptors (Lipinski definition) is 5. The fourth-order valence-corrected chi connectivity index (χ4v) is 4.26. The van der Waals surface area contributed by atoms with Gasteiger partial charge in [0.25, 0.3) is 0 Å². The molecule has 1 fully saturated rings. The molecule has 3 aromatic rings. The predicted octanol–water partition coefficient (Wildman–Crippen LogP) is 4.76. The molecule has 1 aliphatic rings. The third-order valence-electron chi connectivity index (χ3n) is 5.95. The van der Waals surface area contributed by atoms with E-state index in [0.29, 0.717) is 24.5 Å². The average Bonchev–Trinajstić information content (AvgIpc) is 3.28. The van der Waals surface area contributed by atoms with Crippen molar-refractivity contribution >= 4 is 11.9 Å². The molecule has 1 aliphatic heterocycles. The van der Waals surface area contributed by atoms with Crippen molar-refractivity contribution in [2.45, 2.75) is 38.6 Å². The molecule has 0 aliphatic carbocycles. The first-order valence-corrected chi connectivity index (χ1v) is 10.7. The predicted molar refractivity (Wildman–Crippen MR) is 120 cm³/mol. The molecule has 32 heavy (non-hydrogen) atoms. The van der Waals surface area contributed by atoms with Crippen LogP contribution in [0.15, 0.2) is 48.7 Å². The van der Waals surface area contributed by atoms with E-state index in [4.69, 9.17) is 4.74 Å². The summed E-state index contributed by atoms with van der Waals surface area (Å²) in [4.78, 5) is 22.8. The molecule has 0 radical (unpaired) electrons. The van der Waals surface area contributed by atoms with E-state index in [2.05, 4.69) is 9.97 Å². The second-order valence-corrected chi connectivity index (χ2v) is 8.05. The normalized spacial score (nSPS) is 15.7. The number of aromatic nitrogens is 2. The lowest BCUT2D eigenvalue weighted by Gasteiger charge is -2.25. The molecule has 2 aromatic carbocycles. The summed E-state index contributed by atoms with van der Waals surface area (Å²) < 4.78 is 19.2. The van der Waals surface area contributed by atoms with Gasteiger partial charge in [-0.2, -0.15) is 0 Å². The third kappa shape index (κ3) is 4.56. The van der Waals surface area contributed by atoms with Crippen molar-refractivity contribution < 1.29 is 19.0 Å². The molecule has 1 atom stereocenters. The monoisotopic (exact) mass is 435 g/mol. The van der Waals surface area contributed by atoms with Crippen molar-refractivity contribution in [1.82, 2.24) is 9.97 Å². The van der Waals surface area contributed by atoms with Gasteiger partial charge in [0.1, 0.15) is 11.6 Å². The number of rotatable bonds is 7. The summed E-state index contributed by atoms with van der Waals surface area (Å²) in [5.41, 5.74) is 3.56.